The molecule has 22 heavy (non-hydrogen) atoms. The molecular weight excluding hydrogens is 276 g/mol. The largest absolute Gasteiger partial charge is 0.495 e. The SMILES string of the molecule is COc1ccccc1NCCC(=O)NCc1ccccc1C. The van der Waals surface area contributed by atoms with Crippen LogP contribution in [0.25, 0.3) is 0 Å². The summed E-state index contributed by atoms with van der Waals surface area (Å²) < 4.78 is 5.26. The van der Waals surface area contributed by atoms with Crippen molar-refractivity contribution in [2.24, 2.45) is 0 Å². The van der Waals surface area contributed by atoms with Crippen molar-refractivity contribution in [3.8, 4) is 5.75 Å². The number of para-hydroxylation sites is 2. The summed E-state index contributed by atoms with van der Waals surface area (Å²) in [5.74, 6) is 0.813. The smallest absolute Gasteiger partial charge is 0.222 e. The number of aryl methyl sites for hydroxylation is 1. The molecule has 2 aromatic rings. The van der Waals surface area contributed by atoms with Crippen molar-refractivity contribution in [3.63, 3.8) is 0 Å². The molecular formula is C18H22N2O2. The van der Waals surface area contributed by atoms with Gasteiger partial charge in [-0.1, -0.05) is 36.4 Å². The molecule has 116 valence electrons. The lowest BCUT2D eigenvalue weighted by Crippen LogP contribution is -2.25. The van der Waals surface area contributed by atoms with Gasteiger partial charge in [-0.2, -0.15) is 0 Å². The predicted octanol–water partition coefficient (Wildman–Crippen LogP) is 3.12. The molecule has 0 atom stereocenters. The number of amides is 1. The van der Waals surface area contributed by atoms with E-state index in [0.29, 0.717) is 19.5 Å². The van der Waals surface area contributed by atoms with Crippen molar-refractivity contribution in [2.75, 3.05) is 19.0 Å². The Morgan fingerprint density at radius 3 is 2.59 bits per heavy atom. The number of hydrogen-bond donors (Lipinski definition) is 2. The monoisotopic (exact) mass is 298 g/mol. The van der Waals surface area contributed by atoms with Crippen molar-refractivity contribution in [2.45, 2.75) is 19.9 Å². The minimum Gasteiger partial charge on any atom is -0.495 e. The minimum atomic E-state index is 0.0330. The van der Waals surface area contributed by atoms with Gasteiger partial charge in [0, 0.05) is 19.5 Å². The Balaban J connectivity index is 1.75. The molecule has 0 saturated heterocycles. The summed E-state index contributed by atoms with van der Waals surface area (Å²) >= 11 is 0. The molecule has 1 amide bonds. The molecule has 2 rings (SSSR count). The number of ether oxygens (including phenoxy) is 1. The van der Waals surface area contributed by atoms with Gasteiger partial charge in [-0.3, -0.25) is 4.79 Å². The Hall–Kier alpha value is -2.49. The maximum absolute atomic E-state index is 11.9. The molecule has 2 aromatic carbocycles. The molecule has 0 aromatic heterocycles. The van der Waals surface area contributed by atoms with E-state index < -0.39 is 0 Å². The zero-order chi connectivity index (χ0) is 15.8. The Kier molecular flexibility index (Phi) is 5.83. The topological polar surface area (TPSA) is 50.4 Å². The van der Waals surface area contributed by atoms with Gasteiger partial charge in [0.1, 0.15) is 5.75 Å². The Labute approximate surface area is 131 Å². The first-order chi connectivity index (χ1) is 10.7. The van der Waals surface area contributed by atoms with Gasteiger partial charge in [0.2, 0.25) is 5.91 Å². The van der Waals surface area contributed by atoms with Gasteiger partial charge in [-0.15, -0.1) is 0 Å². The van der Waals surface area contributed by atoms with Gasteiger partial charge in [0.15, 0.2) is 0 Å². The highest BCUT2D eigenvalue weighted by atomic mass is 16.5. The summed E-state index contributed by atoms with van der Waals surface area (Å²) in [7, 11) is 1.63. The fourth-order valence-electron chi connectivity index (χ4n) is 2.19. The second-order valence-electron chi connectivity index (χ2n) is 5.08. The van der Waals surface area contributed by atoms with E-state index >= 15 is 0 Å². The maximum Gasteiger partial charge on any atom is 0.222 e. The lowest BCUT2D eigenvalue weighted by atomic mass is 10.1. The average Bonchev–Trinajstić information content (AvgIpc) is 2.54. The van der Waals surface area contributed by atoms with Crippen LogP contribution in [0.1, 0.15) is 17.5 Å². The van der Waals surface area contributed by atoms with E-state index in [4.69, 9.17) is 4.74 Å². The van der Waals surface area contributed by atoms with Crippen LogP contribution in [0.15, 0.2) is 48.5 Å². The van der Waals surface area contributed by atoms with E-state index in [0.717, 1.165) is 17.0 Å². The second kappa shape index (κ2) is 8.08. The number of nitrogens with one attached hydrogen (secondary N) is 2. The van der Waals surface area contributed by atoms with E-state index in [1.165, 1.54) is 5.56 Å². The van der Waals surface area contributed by atoms with Crippen LogP contribution < -0.4 is 15.4 Å². The number of carbonyl (C=O) groups is 1. The number of rotatable bonds is 7. The van der Waals surface area contributed by atoms with Gasteiger partial charge in [0.25, 0.3) is 0 Å². The van der Waals surface area contributed by atoms with E-state index in [-0.39, 0.29) is 5.91 Å². The van der Waals surface area contributed by atoms with Crippen LogP contribution >= 0.6 is 0 Å². The molecule has 4 heteroatoms. The highest BCUT2D eigenvalue weighted by Gasteiger charge is 2.04. The average molecular weight is 298 g/mol. The summed E-state index contributed by atoms with van der Waals surface area (Å²) in [6.45, 7) is 3.19. The summed E-state index contributed by atoms with van der Waals surface area (Å²) in [6.07, 6.45) is 0.421. The first kappa shape index (κ1) is 15.9. The summed E-state index contributed by atoms with van der Waals surface area (Å²) in [6, 6.07) is 15.7. The van der Waals surface area contributed by atoms with Crippen LogP contribution in [0, 0.1) is 6.92 Å². The van der Waals surface area contributed by atoms with E-state index in [1.54, 1.807) is 7.11 Å². The molecule has 0 fully saturated rings. The first-order valence-corrected chi connectivity index (χ1v) is 7.39. The fourth-order valence-corrected chi connectivity index (χ4v) is 2.19. The molecule has 2 N–H and O–H groups in total. The number of methoxy groups -OCH3 is 1. The van der Waals surface area contributed by atoms with Gasteiger partial charge >= 0.3 is 0 Å². The highest BCUT2D eigenvalue weighted by molar-refractivity contribution is 5.76. The lowest BCUT2D eigenvalue weighted by Gasteiger charge is -2.11. The standard InChI is InChI=1S/C18H22N2O2/c1-14-7-3-4-8-15(14)13-20-18(21)11-12-19-16-9-5-6-10-17(16)22-2/h3-10,19H,11-13H2,1-2H3,(H,20,21). The molecule has 4 nitrogen and oxygen atoms in total. The van der Waals surface area contributed by atoms with E-state index in [2.05, 4.69) is 10.6 Å². The zero-order valence-corrected chi connectivity index (χ0v) is 13.1. The Bertz CT molecular complexity index is 626. The van der Waals surface area contributed by atoms with Crippen LogP contribution in [0.5, 0.6) is 5.75 Å². The number of benzene rings is 2. The van der Waals surface area contributed by atoms with Gasteiger partial charge < -0.3 is 15.4 Å². The van der Waals surface area contributed by atoms with Gasteiger partial charge in [-0.05, 0) is 30.2 Å². The quantitative estimate of drug-likeness (QED) is 0.825. The molecule has 0 saturated carbocycles. The van der Waals surface area contributed by atoms with Crippen LogP contribution in [-0.4, -0.2) is 19.6 Å². The predicted molar refractivity (Wildman–Crippen MR) is 89.1 cm³/mol. The molecule has 0 bridgehead atoms. The van der Waals surface area contributed by atoms with Gasteiger partial charge in [0.05, 0.1) is 12.8 Å². The Morgan fingerprint density at radius 1 is 1.09 bits per heavy atom. The van der Waals surface area contributed by atoms with Crippen LogP contribution in [0.4, 0.5) is 5.69 Å². The number of carbonyl (C=O) groups excluding carboxylic acids is 1. The second-order valence-corrected chi connectivity index (χ2v) is 5.08. The third kappa shape index (κ3) is 4.52. The summed E-state index contributed by atoms with van der Waals surface area (Å²) in [5, 5.41) is 6.16. The summed E-state index contributed by atoms with van der Waals surface area (Å²) in [4.78, 5) is 11.9. The normalized spacial score (nSPS) is 10.1. The molecule has 0 aliphatic rings. The van der Waals surface area contributed by atoms with Crippen LogP contribution in [0.2, 0.25) is 0 Å². The lowest BCUT2D eigenvalue weighted by molar-refractivity contribution is -0.121. The summed E-state index contributed by atoms with van der Waals surface area (Å²) in [5.41, 5.74) is 3.24. The maximum atomic E-state index is 11.9. The van der Waals surface area contributed by atoms with Crippen molar-refractivity contribution in [3.05, 3.63) is 59.7 Å². The third-order valence-electron chi connectivity index (χ3n) is 3.51. The molecule has 0 spiro atoms. The third-order valence-corrected chi connectivity index (χ3v) is 3.51. The molecule has 0 aliphatic heterocycles. The zero-order valence-electron chi connectivity index (χ0n) is 13.1. The van der Waals surface area contributed by atoms with Gasteiger partial charge in [-0.25, -0.2) is 0 Å². The van der Waals surface area contributed by atoms with E-state index in [1.807, 2.05) is 55.5 Å². The van der Waals surface area contributed by atoms with Crippen molar-refractivity contribution >= 4 is 11.6 Å². The van der Waals surface area contributed by atoms with Crippen LogP contribution in [-0.2, 0) is 11.3 Å². The van der Waals surface area contributed by atoms with Crippen molar-refractivity contribution < 1.29 is 9.53 Å². The first-order valence-electron chi connectivity index (χ1n) is 7.39. The Morgan fingerprint density at radius 2 is 1.82 bits per heavy atom. The minimum absolute atomic E-state index is 0.0330. The highest BCUT2D eigenvalue weighted by Crippen LogP contribution is 2.22. The van der Waals surface area contributed by atoms with Crippen molar-refractivity contribution in [1.29, 1.82) is 0 Å². The molecule has 0 radical (unpaired) electrons. The number of anilines is 1. The molecule has 0 aliphatic carbocycles. The molecule has 0 unspecified atom stereocenters. The molecule has 0 heterocycles. The fraction of sp³-hybridized carbons (Fsp3) is 0.278. The van der Waals surface area contributed by atoms with Crippen LogP contribution in [0.3, 0.4) is 0 Å². The van der Waals surface area contributed by atoms with Crippen molar-refractivity contribution in [1.82, 2.24) is 5.32 Å². The van der Waals surface area contributed by atoms with E-state index in [9.17, 15) is 4.79 Å². The number of hydrogen-bond acceptors (Lipinski definition) is 3.